The molecule has 0 aliphatic rings. The highest BCUT2D eigenvalue weighted by molar-refractivity contribution is 6.81. The third kappa shape index (κ3) is 2.34. The predicted octanol–water partition coefficient (Wildman–Crippen LogP) is 1.98. The van der Waals surface area contributed by atoms with Gasteiger partial charge in [-0.1, -0.05) is 11.4 Å². The Morgan fingerprint density at radius 3 is 1.71 bits per heavy atom. The third-order valence-corrected chi connectivity index (χ3v) is 2.39. The molecule has 0 aliphatic carbocycles. The van der Waals surface area contributed by atoms with E-state index in [0.29, 0.717) is 0 Å². The van der Waals surface area contributed by atoms with Crippen molar-refractivity contribution in [3.05, 3.63) is 24.6 Å². The molecule has 0 aromatic heterocycles. The lowest BCUT2D eigenvalue weighted by Crippen LogP contribution is -2.15. The summed E-state index contributed by atoms with van der Waals surface area (Å²) in [5.41, 5.74) is 2.69. The van der Waals surface area contributed by atoms with Gasteiger partial charge in [0.2, 0.25) is 0 Å². The summed E-state index contributed by atoms with van der Waals surface area (Å²) >= 11 is 0. The van der Waals surface area contributed by atoms with Crippen LogP contribution in [0.1, 0.15) is 0 Å². The Bertz CT molecular complexity index is 76.1. The Labute approximate surface area is 44.5 Å². The molecule has 0 fully saturated rings. The van der Waals surface area contributed by atoms with Crippen molar-refractivity contribution in [2.45, 2.75) is 6.55 Å². The van der Waals surface area contributed by atoms with Crippen molar-refractivity contribution in [1.29, 1.82) is 0 Å². The predicted molar refractivity (Wildman–Crippen MR) is 33.1 cm³/mol. The van der Waals surface area contributed by atoms with Crippen LogP contribution in [0, 0.1) is 0 Å². The zero-order chi connectivity index (χ0) is 5.91. The van der Waals surface area contributed by atoms with Gasteiger partial charge in [-0.25, -0.2) is 0 Å². The highest BCUT2D eigenvalue weighted by Gasteiger charge is 2.16. The smallest absolute Gasteiger partial charge is 0.290 e. The van der Waals surface area contributed by atoms with Gasteiger partial charge in [-0.3, -0.25) is 0 Å². The first-order valence-electron chi connectivity index (χ1n) is 2.08. The van der Waals surface area contributed by atoms with E-state index in [1.54, 1.807) is 0 Å². The van der Waals surface area contributed by atoms with E-state index in [2.05, 4.69) is 13.2 Å². The molecule has 7 heavy (non-hydrogen) atoms. The van der Waals surface area contributed by atoms with Crippen molar-refractivity contribution in [3.63, 3.8) is 0 Å². The zero-order valence-electron chi connectivity index (χ0n) is 4.45. The molecule has 0 saturated carbocycles. The summed E-state index contributed by atoms with van der Waals surface area (Å²) in [5.74, 6) is 0. The minimum absolute atomic E-state index is 1.35. The molecule has 0 amide bonds. The van der Waals surface area contributed by atoms with Gasteiger partial charge in [0.15, 0.2) is 0 Å². The highest BCUT2D eigenvalue weighted by Crippen LogP contribution is 2.03. The Hall–Kier alpha value is -0.373. The lowest BCUT2D eigenvalue weighted by molar-refractivity contribution is 0.830. The van der Waals surface area contributed by atoms with Crippen LogP contribution in [0.15, 0.2) is 24.6 Å². The number of rotatable bonds is 2. The lowest BCUT2D eigenvalue weighted by atomic mass is 11.2. The average molecular weight is 116 g/mol. The molecular formula is C5H9FSi. The molecule has 0 aromatic carbocycles. The monoisotopic (exact) mass is 116 g/mol. The molecular weight excluding hydrogens is 107 g/mol. The maximum absolute atomic E-state index is 12.5. The van der Waals surface area contributed by atoms with Gasteiger partial charge in [-0.05, 0) is 6.55 Å². The van der Waals surface area contributed by atoms with Crippen LogP contribution in [0.2, 0.25) is 6.55 Å². The fraction of sp³-hybridized carbons (Fsp3) is 0.200. The zero-order valence-corrected chi connectivity index (χ0v) is 5.45. The van der Waals surface area contributed by atoms with E-state index in [0.717, 1.165) is 0 Å². The largest absolute Gasteiger partial charge is 0.303 e. The minimum Gasteiger partial charge on any atom is -0.303 e. The second kappa shape index (κ2) is 2.07. The van der Waals surface area contributed by atoms with Crippen LogP contribution in [0.4, 0.5) is 4.11 Å². The lowest BCUT2D eigenvalue weighted by Gasteiger charge is -2.00. The summed E-state index contributed by atoms with van der Waals surface area (Å²) in [7, 11) is -2.62. The molecule has 0 nitrogen and oxygen atoms in total. The van der Waals surface area contributed by atoms with Crippen LogP contribution < -0.4 is 0 Å². The van der Waals surface area contributed by atoms with E-state index in [1.165, 1.54) is 17.9 Å². The molecule has 40 valence electrons. The van der Waals surface area contributed by atoms with Gasteiger partial charge in [-0.15, -0.1) is 13.2 Å². The number of hydrogen-bond acceptors (Lipinski definition) is 0. The summed E-state index contributed by atoms with van der Waals surface area (Å²) in [6.45, 7) is 8.17. The highest BCUT2D eigenvalue weighted by atomic mass is 28.4. The van der Waals surface area contributed by atoms with Crippen molar-refractivity contribution >= 4 is 8.41 Å². The van der Waals surface area contributed by atoms with Crippen LogP contribution in [-0.4, -0.2) is 8.41 Å². The van der Waals surface area contributed by atoms with Crippen LogP contribution in [0.3, 0.4) is 0 Å². The summed E-state index contributed by atoms with van der Waals surface area (Å²) in [6.07, 6.45) is 0. The fourth-order valence-corrected chi connectivity index (χ4v) is 0.250. The molecule has 0 aliphatic heterocycles. The van der Waals surface area contributed by atoms with E-state index in [1.807, 2.05) is 0 Å². The molecule has 2 heteroatoms. The van der Waals surface area contributed by atoms with Crippen molar-refractivity contribution < 1.29 is 4.11 Å². The van der Waals surface area contributed by atoms with Crippen molar-refractivity contribution in [2.24, 2.45) is 0 Å². The Kier molecular flexibility index (Phi) is 1.96. The summed E-state index contributed by atoms with van der Waals surface area (Å²) in [6, 6.07) is 0. The van der Waals surface area contributed by atoms with Gasteiger partial charge >= 0.3 is 0 Å². The van der Waals surface area contributed by atoms with E-state index < -0.39 is 8.41 Å². The van der Waals surface area contributed by atoms with Crippen LogP contribution in [0.5, 0.6) is 0 Å². The molecule has 0 N–H and O–H groups in total. The third-order valence-electron chi connectivity index (χ3n) is 0.798. The second-order valence-corrected chi connectivity index (χ2v) is 4.68. The first-order valence-corrected chi connectivity index (χ1v) is 4.62. The normalized spacial score (nSPS) is 10.6. The topological polar surface area (TPSA) is 0 Å². The van der Waals surface area contributed by atoms with E-state index in [4.69, 9.17) is 0 Å². The van der Waals surface area contributed by atoms with Gasteiger partial charge in [0, 0.05) is 0 Å². The second-order valence-electron chi connectivity index (χ2n) is 1.56. The Morgan fingerprint density at radius 2 is 1.71 bits per heavy atom. The van der Waals surface area contributed by atoms with Gasteiger partial charge in [0.05, 0.1) is 0 Å². The average Bonchev–Trinajstić information content (AvgIpc) is 1.68. The first kappa shape index (κ1) is 6.63. The van der Waals surface area contributed by atoms with Crippen molar-refractivity contribution in [3.8, 4) is 0 Å². The maximum atomic E-state index is 12.5. The van der Waals surface area contributed by atoms with Gasteiger partial charge in [0.25, 0.3) is 8.41 Å². The maximum Gasteiger partial charge on any atom is 0.290 e. The molecule has 0 saturated heterocycles. The van der Waals surface area contributed by atoms with Gasteiger partial charge < -0.3 is 4.11 Å². The number of halogens is 1. The number of hydrogen-bond donors (Lipinski definition) is 0. The SMILES string of the molecule is C=C[Si](C)(F)C=C. The molecule has 0 radical (unpaired) electrons. The molecule has 0 unspecified atom stereocenters. The fourth-order valence-electron chi connectivity index (χ4n) is 0.0833. The molecule has 0 aromatic rings. The summed E-state index contributed by atoms with van der Waals surface area (Å²) < 4.78 is 12.5. The minimum atomic E-state index is -2.62. The van der Waals surface area contributed by atoms with E-state index in [-0.39, 0.29) is 0 Å². The molecule has 0 atom stereocenters. The van der Waals surface area contributed by atoms with Gasteiger partial charge in [-0.2, -0.15) is 0 Å². The molecule has 0 bridgehead atoms. The van der Waals surface area contributed by atoms with Crippen LogP contribution in [-0.2, 0) is 0 Å². The Morgan fingerprint density at radius 1 is 1.43 bits per heavy atom. The standard InChI is InChI=1S/C5H9FSi/c1-4-7(3,6)5-2/h4-5H,1-2H2,3H3. The van der Waals surface area contributed by atoms with E-state index >= 15 is 0 Å². The van der Waals surface area contributed by atoms with E-state index in [9.17, 15) is 4.11 Å². The van der Waals surface area contributed by atoms with Crippen LogP contribution >= 0.6 is 0 Å². The molecule has 0 spiro atoms. The molecule has 0 heterocycles. The van der Waals surface area contributed by atoms with Crippen molar-refractivity contribution in [1.82, 2.24) is 0 Å². The van der Waals surface area contributed by atoms with Crippen molar-refractivity contribution in [2.75, 3.05) is 0 Å². The summed E-state index contributed by atoms with van der Waals surface area (Å²) in [5, 5.41) is 0. The quantitative estimate of drug-likeness (QED) is 0.382. The van der Waals surface area contributed by atoms with Gasteiger partial charge in [0.1, 0.15) is 0 Å². The Balaban J connectivity index is 3.82. The first-order chi connectivity index (χ1) is 3.12. The summed E-state index contributed by atoms with van der Waals surface area (Å²) in [4.78, 5) is 0. The molecule has 0 rings (SSSR count). The van der Waals surface area contributed by atoms with Crippen LogP contribution in [0.25, 0.3) is 0 Å².